The Morgan fingerprint density at radius 1 is 0.536 bits per heavy atom. The van der Waals surface area contributed by atoms with Crippen molar-refractivity contribution in [2.45, 2.75) is 13.8 Å². The highest BCUT2D eigenvalue weighted by Crippen LogP contribution is 2.42. The molecule has 0 aliphatic heterocycles. The largest absolute Gasteiger partial charge is 0.256 e. The molecular weight excluding hydrogens is 338 g/mol. The van der Waals surface area contributed by atoms with E-state index in [4.69, 9.17) is 4.98 Å². The molecule has 0 amide bonds. The summed E-state index contributed by atoms with van der Waals surface area (Å²) in [6, 6.07) is 30.3. The summed E-state index contributed by atoms with van der Waals surface area (Å²) in [7, 11) is 0. The highest BCUT2D eigenvalue weighted by molar-refractivity contribution is 6.20. The number of rotatable bonds is 2. The summed E-state index contributed by atoms with van der Waals surface area (Å²) in [4.78, 5) is 4.84. The number of hydrogen-bond acceptors (Lipinski definition) is 1. The Hall–Kier alpha value is -3.45. The molecule has 5 rings (SSSR count). The second-order valence-corrected chi connectivity index (χ2v) is 7.44. The van der Waals surface area contributed by atoms with Crippen molar-refractivity contribution in [2.24, 2.45) is 0 Å². The van der Waals surface area contributed by atoms with Crippen molar-refractivity contribution in [2.75, 3.05) is 0 Å². The van der Waals surface area contributed by atoms with Crippen molar-refractivity contribution >= 4 is 21.7 Å². The van der Waals surface area contributed by atoms with Crippen LogP contribution in [0.5, 0.6) is 0 Å². The Bertz CT molecular complexity index is 1240. The smallest absolute Gasteiger partial charge is 0.0792 e. The van der Waals surface area contributed by atoms with Crippen molar-refractivity contribution < 1.29 is 0 Å². The van der Waals surface area contributed by atoms with E-state index in [0.717, 1.165) is 5.52 Å². The van der Waals surface area contributed by atoms with Gasteiger partial charge < -0.3 is 0 Å². The molecule has 28 heavy (non-hydrogen) atoms. The minimum atomic E-state index is 1.06. The van der Waals surface area contributed by atoms with E-state index in [0.29, 0.717) is 0 Å². The number of fused-ring (bicyclic) bond motifs is 2. The normalized spacial score (nSPS) is 11.2. The Labute approximate surface area is 165 Å². The summed E-state index contributed by atoms with van der Waals surface area (Å²) in [6.45, 7) is 4.33. The van der Waals surface area contributed by atoms with Crippen molar-refractivity contribution in [1.82, 2.24) is 4.98 Å². The monoisotopic (exact) mass is 359 g/mol. The van der Waals surface area contributed by atoms with Crippen LogP contribution in [0.25, 0.3) is 43.9 Å². The molecule has 0 unspecified atom stereocenters. The van der Waals surface area contributed by atoms with Crippen LogP contribution in [-0.2, 0) is 0 Å². The van der Waals surface area contributed by atoms with E-state index in [1.807, 2.05) is 12.3 Å². The predicted octanol–water partition coefficient (Wildman–Crippen LogP) is 7.34. The first-order chi connectivity index (χ1) is 13.7. The highest BCUT2D eigenvalue weighted by atomic mass is 14.7. The molecule has 0 bridgehead atoms. The first kappa shape index (κ1) is 16.7. The third-order valence-corrected chi connectivity index (χ3v) is 5.35. The predicted molar refractivity (Wildman–Crippen MR) is 120 cm³/mol. The summed E-state index contributed by atoms with van der Waals surface area (Å²) < 4.78 is 0. The van der Waals surface area contributed by atoms with Gasteiger partial charge in [-0.1, -0.05) is 90.0 Å². The number of aryl methyl sites for hydroxylation is 2. The van der Waals surface area contributed by atoms with Gasteiger partial charge in [0.15, 0.2) is 0 Å². The molecule has 0 N–H and O–H groups in total. The third-order valence-electron chi connectivity index (χ3n) is 5.35. The Morgan fingerprint density at radius 3 is 1.86 bits per heavy atom. The standard InChI is InChI=1S/C27H21N/c1-18-15-19(2)17-21(16-18)25-22-11-6-7-12-23(22)26(20-9-4-3-5-10-20)27-24(25)13-8-14-28-27/h3-17H,1-2H3. The molecule has 0 atom stereocenters. The third kappa shape index (κ3) is 2.68. The molecular formula is C27H21N. The van der Waals surface area contributed by atoms with Gasteiger partial charge in [-0.3, -0.25) is 4.98 Å². The fourth-order valence-corrected chi connectivity index (χ4v) is 4.33. The molecule has 5 aromatic rings. The lowest BCUT2D eigenvalue weighted by Crippen LogP contribution is -1.93. The second kappa shape index (κ2) is 6.61. The quantitative estimate of drug-likeness (QED) is 0.300. The lowest BCUT2D eigenvalue weighted by atomic mass is 9.87. The average molecular weight is 359 g/mol. The van der Waals surface area contributed by atoms with Gasteiger partial charge >= 0.3 is 0 Å². The zero-order chi connectivity index (χ0) is 19.1. The van der Waals surface area contributed by atoms with Crippen molar-refractivity contribution in [3.8, 4) is 22.3 Å². The van der Waals surface area contributed by atoms with Gasteiger partial charge in [-0.15, -0.1) is 0 Å². The van der Waals surface area contributed by atoms with E-state index in [9.17, 15) is 0 Å². The van der Waals surface area contributed by atoms with E-state index < -0.39 is 0 Å². The van der Waals surface area contributed by atoms with Crippen LogP contribution in [0.15, 0.2) is 91.1 Å². The maximum absolute atomic E-state index is 4.84. The van der Waals surface area contributed by atoms with Crippen LogP contribution in [-0.4, -0.2) is 4.98 Å². The second-order valence-electron chi connectivity index (χ2n) is 7.44. The zero-order valence-corrected chi connectivity index (χ0v) is 16.1. The van der Waals surface area contributed by atoms with E-state index >= 15 is 0 Å². The summed E-state index contributed by atoms with van der Waals surface area (Å²) in [5.74, 6) is 0. The molecule has 1 heteroatoms. The minimum Gasteiger partial charge on any atom is -0.256 e. The first-order valence-electron chi connectivity index (χ1n) is 9.66. The molecule has 0 spiro atoms. The number of pyridine rings is 1. The molecule has 134 valence electrons. The fourth-order valence-electron chi connectivity index (χ4n) is 4.33. The maximum Gasteiger partial charge on any atom is 0.0792 e. The van der Waals surface area contributed by atoms with Gasteiger partial charge in [-0.25, -0.2) is 0 Å². The molecule has 0 fully saturated rings. The van der Waals surface area contributed by atoms with Gasteiger partial charge in [0.05, 0.1) is 5.52 Å². The van der Waals surface area contributed by atoms with Gasteiger partial charge in [-0.2, -0.15) is 0 Å². The molecule has 0 saturated heterocycles. The molecule has 1 heterocycles. The lowest BCUT2D eigenvalue weighted by Gasteiger charge is -2.17. The summed E-state index contributed by atoms with van der Waals surface area (Å²) >= 11 is 0. The number of nitrogens with zero attached hydrogens (tertiary/aromatic N) is 1. The SMILES string of the molecule is Cc1cc(C)cc(-c2c3ccccc3c(-c3ccccc3)c3ncccc23)c1. The van der Waals surface area contributed by atoms with Crippen LogP contribution in [0.4, 0.5) is 0 Å². The molecule has 4 aromatic carbocycles. The van der Waals surface area contributed by atoms with Crippen LogP contribution in [0.1, 0.15) is 11.1 Å². The highest BCUT2D eigenvalue weighted by Gasteiger charge is 2.17. The molecule has 0 saturated carbocycles. The Morgan fingerprint density at radius 2 is 1.14 bits per heavy atom. The maximum atomic E-state index is 4.84. The average Bonchev–Trinajstić information content (AvgIpc) is 2.71. The first-order valence-corrected chi connectivity index (χ1v) is 9.66. The Balaban J connectivity index is 2.00. The van der Waals surface area contributed by atoms with Gasteiger partial charge in [0.25, 0.3) is 0 Å². The number of benzene rings is 4. The van der Waals surface area contributed by atoms with Gasteiger partial charge in [-0.05, 0) is 47.4 Å². The van der Waals surface area contributed by atoms with Gasteiger partial charge in [0, 0.05) is 17.1 Å². The van der Waals surface area contributed by atoms with Crippen molar-refractivity contribution in [3.63, 3.8) is 0 Å². The summed E-state index contributed by atoms with van der Waals surface area (Å²) in [5.41, 5.74) is 8.55. The Kier molecular flexibility index (Phi) is 3.95. The summed E-state index contributed by atoms with van der Waals surface area (Å²) in [5, 5.41) is 3.71. The molecule has 0 aliphatic carbocycles. The van der Waals surface area contributed by atoms with Crippen LogP contribution >= 0.6 is 0 Å². The summed E-state index contributed by atoms with van der Waals surface area (Å²) in [6.07, 6.45) is 1.90. The van der Waals surface area contributed by atoms with E-state index in [-0.39, 0.29) is 0 Å². The van der Waals surface area contributed by atoms with Crippen LogP contribution in [0.2, 0.25) is 0 Å². The van der Waals surface area contributed by atoms with Crippen LogP contribution in [0.3, 0.4) is 0 Å². The lowest BCUT2D eigenvalue weighted by molar-refractivity contribution is 1.38. The van der Waals surface area contributed by atoms with Crippen LogP contribution < -0.4 is 0 Å². The van der Waals surface area contributed by atoms with E-state index in [1.165, 1.54) is 49.5 Å². The van der Waals surface area contributed by atoms with Gasteiger partial charge in [0.1, 0.15) is 0 Å². The van der Waals surface area contributed by atoms with Crippen LogP contribution in [0, 0.1) is 13.8 Å². The molecule has 0 aliphatic rings. The topological polar surface area (TPSA) is 12.9 Å². The fraction of sp³-hybridized carbons (Fsp3) is 0.0741. The minimum absolute atomic E-state index is 1.06. The van der Waals surface area contributed by atoms with Crippen molar-refractivity contribution in [3.05, 3.63) is 102 Å². The number of hydrogen-bond donors (Lipinski definition) is 0. The van der Waals surface area contributed by atoms with Crippen molar-refractivity contribution in [1.29, 1.82) is 0 Å². The van der Waals surface area contributed by atoms with E-state index in [2.05, 4.69) is 92.7 Å². The zero-order valence-electron chi connectivity index (χ0n) is 16.1. The number of aromatic nitrogens is 1. The van der Waals surface area contributed by atoms with Gasteiger partial charge in [0.2, 0.25) is 0 Å². The molecule has 0 radical (unpaired) electrons. The molecule has 1 aromatic heterocycles. The van der Waals surface area contributed by atoms with E-state index in [1.54, 1.807) is 0 Å². The molecule has 1 nitrogen and oxygen atoms in total.